The van der Waals surface area contributed by atoms with Crippen LogP contribution in [0.1, 0.15) is 61.3 Å². The van der Waals surface area contributed by atoms with Crippen LogP contribution in [-0.2, 0) is 23.9 Å². The normalized spacial score (nSPS) is 23.9. The summed E-state index contributed by atoms with van der Waals surface area (Å²) in [5.74, 6) is -1.57. The summed E-state index contributed by atoms with van der Waals surface area (Å²) >= 11 is 1.62. The van der Waals surface area contributed by atoms with Crippen LogP contribution in [0.4, 0.5) is 4.79 Å². The molecule has 2 N–H and O–H groups in total. The standard InChI is InChI=1S/C34H45N3O6S/c1-9-22-19-34(22,30(40)42-10-2)36-28(38)25-18-23(44-26-17-13-15-21-14-11-12-16-24(21)26)20-37(25)29(39)27(32(3,4)5)35-31(41)43-33(6,7)8/h9,11-17,22-23,25,27H,1,10,18-20H2,2-8H3,(H,35,41)(H,36,38)/t22?,23-,25+,27-,34?/m1/s1. The van der Waals surface area contributed by atoms with Crippen molar-refractivity contribution >= 4 is 46.4 Å². The molecule has 0 bridgehead atoms. The Morgan fingerprint density at radius 1 is 1.09 bits per heavy atom. The third-order valence-corrected chi connectivity index (χ3v) is 9.24. The van der Waals surface area contributed by atoms with E-state index in [0.29, 0.717) is 12.8 Å². The van der Waals surface area contributed by atoms with Crippen molar-refractivity contribution in [2.24, 2.45) is 11.3 Å². The number of hydrogen-bond acceptors (Lipinski definition) is 7. The number of hydrogen-bond donors (Lipinski definition) is 2. The predicted octanol–water partition coefficient (Wildman–Crippen LogP) is 5.46. The predicted molar refractivity (Wildman–Crippen MR) is 172 cm³/mol. The van der Waals surface area contributed by atoms with Gasteiger partial charge in [0.1, 0.15) is 23.2 Å². The Morgan fingerprint density at radius 2 is 1.77 bits per heavy atom. The fourth-order valence-corrected chi connectivity index (χ4v) is 7.00. The second-order valence-electron chi connectivity index (χ2n) is 13.6. The largest absolute Gasteiger partial charge is 0.464 e. The third-order valence-electron chi connectivity index (χ3n) is 7.95. The van der Waals surface area contributed by atoms with Crippen LogP contribution in [-0.4, -0.2) is 70.4 Å². The number of amides is 3. The molecule has 2 aromatic carbocycles. The lowest BCUT2D eigenvalue weighted by molar-refractivity contribution is -0.150. The van der Waals surface area contributed by atoms with Crippen molar-refractivity contribution in [3.05, 3.63) is 55.1 Å². The molecule has 4 rings (SSSR count). The minimum absolute atomic E-state index is 0.115. The average molecular weight is 624 g/mol. The minimum atomic E-state index is -1.19. The monoisotopic (exact) mass is 623 g/mol. The van der Waals surface area contributed by atoms with Gasteiger partial charge in [-0.2, -0.15) is 0 Å². The van der Waals surface area contributed by atoms with Gasteiger partial charge in [0.25, 0.3) is 0 Å². The van der Waals surface area contributed by atoms with E-state index in [4.69, 9.17) is 9.47 Å². The lowest BCUT2D eigenvalue weighted by atomic mass is 9.85. The Balaban J connectivity index is 1.64. The second-order valence-corrected chi connectivity index (χ2v) is 15.0. The third kappa shape index (κ3) is 7.39. The summed E-state index contributed by atoms with van der Waals surface area (Å²) in [5.41, 5.74) is -2.63. The van der Waals surface area contributed by atoms with Crippen LogP contribution >= 0.6 is 11.8 Å². The zero-order valence-electron chi connectivity index (χ0n) is 26.8. The van der Waals surface area contributed by atoms with Gasteiger partial charge in [-0.25, -0.2) is 9.59 Å². The van der Waals surface area contributed by atoms with Crippen LogP contribution in [0, 0.1) is 11.3 Å². The van der Waals surface area contributed by atoms with Gasteiger partial charge in [0.15, 0.2) is 0 Å². The summed E-state index contributed by atoms with van der Waals surface area (Å²) in [4.78, 5) is 56.7. The second kappa shape index (κ2) is 12.8. The number of nitrogens with one attached hydrogen (secondary N) is 2. The van der Waals surface area contributed by atoms with E-state index in [0.717, 1.165) is 15.7 Å². The topological polar surface area (TPSA) is 114 Å². The van der Waals surface area contributed by atoms with Crippen molar-refractivity contribution in [3.63, 3.8) is 0 Å². The first-order valence-electron chi connectivity index (χ1n) is 15.2. The molecule has 9 nitrogen and oxygen atoms in total. The summed E-state index contributed by atoms with van der Waals surface area (Å²) in [6, 6.07) is 12.4. The molecule has 1 aliphatic carbocycles. The van der Waals surface area contributed by atoms with Crippen LogP contribution < -0.4 is 10.6 Å². The zero-order valence-corrected chi connectivity index (χ0v) is 27.6. The van der Waals surface area contributed by atoms with E-state index in [1.165, 1.54) is 0 Å². The molecular weight excluding hydrogens is 578 g/mol. The van der Waals surface area contributed by atoms with Crippen molar-refractivity contribution in [3.8, 4) is 0 Å². The Bertz CT molecular complexity index is 1420. The minimum Gasteiger partial charge on any atom is -0.464 e. The van der Waals surface area contributed by atoms with Crippen LogP contribution in [0.5, 0.6) is 0 Å². The van der Waals surface area contributed by atoms with Gasteiger partial charge >= 0.3 is 12.1 Å². The van der Waals surface area contributed by atoms with Crippen molar-refractivity contribution in [1.29, 1.82) is 0 Å². The van der Waals surface area contributed by atoms with E-state index in [9.17, 15) is 19.2 Å². The summed E-state index contributed by atoms with van der Waals surface area (Å²) in [7, 11) is 0. The van der Waals surface area contributed by atoms with Gasteiger partial charge in [0, 0.05) is 22.6 Å². The lowest BCUT2D eigenvalue weighted by Gasteiger charge is -2.36. The first-order valence-corrected chi connectivity index (χ1v) is 16.0. The Hall–Kier alpha value is -3.53. The molecule has 1 saturated carbocycles. The van der Waals surface area contributed by atoms with Gasteiger partial charge < -0.3 is 25.0 Å². The summed E-state index contributed by atoms with van der Waals surface area (Å²) in [5, 5.41) is 7.80. The van der Waals surface area contributed by atoms with Crippen molar-refractivity contribution < 1.29 is 28.7 Å². The van der Waals surface area contributed by atoms with Gasteiger partial charge in [0.2, 0.25) is 11.8 Å². The lowest BCUT2D eigenvalue weighted by Crippen LogP contribution is -2.59. The molecule has 3 amide bonds. The number of benzene rings is 2. The van der Waals surface area contributed by atoms with Crippen molar-refractivity contribution in [1.82, 2.24) is 15.5 Å². The number of rotatable bonds is 9. The molecule has 238 valence electrons. The van der Waals surface area contributed by atoms with Crippen LogP contribution in [0.2, 0.25) is 0 Å². The van der Waals surface area contributed by atoms with Gasteiger partial charge in [-0.1, -0.05) is 63.2 Å². The van der Waals surface area contributed by atoms with Crippen LogP contribution in [0.3, 0.4) is 0 Å². The Labute approximate surface area is 264 Å². The summed E-state index contributed by atoms with van der Waals surface area (Å²) in [6.45, 7) is 16.8. The molecule has 2 aromatic rings. The zero-order chi connectivity index (χ0) is 32.4. The van der Waals surface area contributed by atoms with E-state index in [2.05, 4.69) is 35.4 Å². The number of likely N-dealkylation sites (tertiary alicyclic amines) is 1. The molecule has 1 aliphatic heterocycles. The summed E-state index contributed by atoms with van der Waals surface area (Å²) < 4.78 is 10.8. The number of carbonyl (C=O) groups is 4. The Morgan fingerprint density at radius 3 is 2.39 bits per heavy atom. The van der Waals surface area contributed by atoms with Crippen LogP contribution in [0.15, 0.2) is 60.0 Å². The highest BCUT2D eigenvalue weighted by molar-refractivity contribution is 8.00. The molecule has 0 radical (unpaired) electrons. The molecular formula is C34H45N3O6S. The number of alkyl carbamates (subject to hydrolysis) is 1. The SMILES string of the molecule is C=CC1CC1(NC(=O)[C@@H]1C[C@@H](Sc2cccc3ccccc23)CN1C(=O)[C@@H](NC(=O)OC(C)(C)C)C(C)(C)C)C(=O)OCC. The molecule has 10 heteroatoms. The molecule has 2 aliphatic rings. The van der Waals surface area contributed by atoms with E-state index in [1.807, 2.05) is 45.0 Å². The molecule has 1 saturated heterocycles. The molecule has 44 heavy (non-hydrogen) atoms. The molecule has 0 aromatic heterocycles. The maximum atomic E-state index is 14.3. The van der Waals surface area contributed by atoms with Gasteiger partial charge in [-0.15, -0.1) is 18.3 Å². The van der Waals surface area contributed by atoms with E-state index >= 15 is 0 Å². The van der Waals surface area contributed by atoms with Gasteiger partial charge in [0.05, 0.1) is 6.61 Å². The fraction of sp³-hybridized carbons (Fsp3) is 0.529. The molecule has 0 spiro atoms. The molecule has 1 heterocycles. The van der Waals surface area contributed by atoms with Crippen molar-refractivity contribution in [2.45, 2.75) is 94.7 Å². The number of fused-ring (bicyclic) bond motifs is 1. The number of ether oxygens (including phenoxy) is 2. The first kappa shape index (κ1) is 33.4. The van der Waals surface area contributed by atoms with Crippen molar-refractivity contribution in [2.75, 3.05) is 13.2 Å². The number of esters is 1. The first-order chi connectivity index (χ1) is 20.6. The number of carbonyl (C=O) groups excluding carboxylic acids is 4. The highest BCUT2D eigenvalue weighted by Gasteiger charge is 2.62. The summed E-state index contributed by atoms with van der Waals surface area (Å²) in [6.07, 6.45) is 1.70. The quantitative estimate of drug-likeness (QED) is 0.282. The fourth-order valence-electron chi connectivity index (χ4n) is 5.66. The van der Waals surface area contributed by atoms with E-state index in [-0.39, 0.29) is 30.2 Å². The van der Waals surface area contributed by atoms with Gasteiger partial charge in [-0.05, 0) is 62.8 Å². The Kier molecular flexibility index (Phi) is 9.73. The van der Waals surface area contributed by atoms with E-state index < -0.39 is 46.6 Å². The number of nitrogens with zero attached hydrogens (tertiary/aromatic N) is 1. The maximum Gasteiger partial charge on any atom is 0.408 e. The highest BCUT2D eigenvalue weighted by Crippen LogP contribution is 2.46. The molecule has 5 atom stereocenters. The highest BCUT2D eigenvalue weighted by atomic mass is 32.2. The van der Waals surface area contributed by atoms with E-state index in [1.54, 1.807) is 50.4 Å². The van der Waals surface area contributed by atoms with Gasteiger partial charge in [-0.3, -0.25) is 9.59 Å². The smallest absolute Gasteiger partial charge is 0.408 e. The van der Waals surface area contributed by atoms with Crippen LogP contribution in [0.25, 0.3) is 10.8 Å². The molecule has 2 fully saturated rings. The maximum absolute atomic E-state index is 14.3. The molecule has 2 unspecified atom stereocenters. The average Bonchev–Trinajstić information content (AvgIpc) is 3.49. The number of thioether (sulfide) groups is 1.